The third kappa shape index (κ3) is 12.9. The number of rotatable bonds is 20. The van der Waals surface area contributed by atoms with E-state index >= 15 is 0 Å². The average Bonchev–Trinajstić information content (AvgIpc) is 3.12. The van der Waals surface area contributed by atoms with Gasteiger partial charge in [0.15, 0.2) is 5.67 Å². The molecule has 44 heavy (non-hydrogen) atoms. The Morgan fingerprint density at radius 3 is 1.95 bits per heavy atom. The van der Waals surface area contributed by atoms with Crippen molar-refractivity contribution in [3.8, 4) is 6.07 Å². The van der Waals surface area contributed by atoms with Gasteiger partial charge < -0.3 is 10.4 Å². The highest BCUT2D eigenvalue weighted by Gasteiger charge is 2.68. The van der Waals surface area contributed by atoms with Crippen LogP contribution in [0.3, 0.4) is 0 Å². The van der Waals surface area contributed by atoms with E-state index in [-0.39, 0.29) is 30.2 Å². The maximum atomic E-state index is 14.0. The van der Waals surface area contributed by atoms with Crippen molar-refractivity contribution in [2.45, 2.75) is 120 Å². The number of hydrogen-bond acceptors (Lipinski definition) is 4. The number of allylic oxidation sites excluding steroid dienone is 5. The first-order valence-corrected chi connectivity index (χ1v) is 16.6. The molecule has 4 atom stereocenters. The Morgan fingerprint density at radius 2 is 1.45 bits per heavy atom. The summed E-state index contributed by atoms with van der Waals surface area (Å²) >= 11 is 0. The van der Waals surface area contributed by atoms with E-state index in [4.69, 9.17) is 0 Å². The van der Waals surface area contributed by atoms with E-state index in [1.807, 2.05) is 0 Å². The van der Waals surface area contributed by atoms with Crippen LogP contribution in [0.4, 0.5) is 35.1 Å². The molecule has 1 aliphatic rings. The van der Waals surface area contributed by atoms with Crippen molar-refractivity contribution < 1.29 is 44.4 Å². The maximum Gasteiger partial charge on any atom is 0.456 e. The zero-order valence-corrected chi connectivity index (χ0v) is 27.1. The van der Waals surface area contributed by atoms with Gasteiger partial charge in [0.2, 0.25) is 0 Å². The number of hydrogen-bond donors (Lipinski definition) is 2. The lowest BCUT2D eigenvalue weighted by Crippen LogP contribution is -2.53. The van der Waals surface area contributed by atoms with Crippen molar-refractivity contribution in [1.29, 1.82) is 5.26 Å². The smallest absolute Gasteiger partial charge is 0.384 e. The number of nitriles is 1. The molecule has 0 aromatic rings. The summed E-state index contributed by atoms with van der Waals surface area (Å²) < 4.78 is 117. The molecule has 0 saturated heterocycles. The van der Waals surface area contributed by atoms with Gasteiger partial charge in [0.05, 0.1) is 11.6 Å². The van der Waals surface area contributed by atoms with Crippen LogP contribution in [-0.4, -0.2) is 49.9 Å². The van der Waals surface area contributed by atoms with E-state index < -0.39 is 52.0 Å². The van der Waals surface area contributed by atoms with Gasteiger partial charge in [0.1, 0.15) is 5.60 Å². The lowest BCUT2D eigenvalue weighted by atomic mass is 9.94. The fraction of sp³-hybridized carbons (Fsp3) is 0.700. The first-order valence-electron chi connectivity index (χ1n) is 14.5. The molecule has 2 N–H and O–H groups in total. The van der Waals surface area contributed by atoms with Crippen molar-refractivity contribution in [3.05, 3.63) is 47.3 Å². The molecule has 0 aliphatic heterocycles. The second-order valence-electron chi connectivity index (χ2n) is 11.5. The molecule has 0 fully saturated rings. The van der Waals surface area contributed by atoms with Crippen molar-refractivity contribution in [2.24, 2.45) is 0 Å². The molecule has 0 radical (unpaired) electrons. The zero-order valence-electron chi connectivity index (χ0n) is 25.2. The average molecular weight is 679 g/mol. The minimum Gasteiger partial charge on any atom is -0.384 e. The van der Waals surface area contributed by atoms with Crippen LogP contribution in [0.5, 0.6) is 0 Å². The van der Waals surface area contributed by atoms with Crippen LogP contribution < -0.4 is 5.32 Å². The van der Waals surface area contributed by atoms with Crippen LogP contribution in [0.1, 0.15) is 90.9 Å². The molecule has 1 rings (SSSR count). The first kappa shape index (κ1) is 40.3. The summed E-state index contributed by atoms with van der Waals surface area (Å²) in [5.74, 6) is -5.95. The van der Waals surface area contributed by atoms with Crippen molar-refractivity contribution >= 4 is 20.0 Å². The summed E-state index contributed by atoms with van der Waals surface area (Å²) in [6.45, 7) is 5.71. The molecular weight excluding hydrogens is 635 g/mol. The molecule has 0 bridgehead atoms. The van der Waals surface area contributed by atoms with Crippen LogP contribution >= 0.6 is 9.24 Å². The molecule has 3 unspecified atom stereocenters. The van der Waals surface area contributed by atoms with E-state index in [0.717, 1.165) is 51.4 Å². The molecular formula is C30H43F8N2O2PS. The van der Waals surface area contributed by atoms with Gasteiger partial charge in [-0.25, -0.2) is 4.39 Å². The Bertz CT molecular complexity index is 1120. The Labute approximate surface area is 259 Å². The predicted molar refractivity (Wildman–Crippen MR) is 161 cm³/mol. The predicted octanol–water partition coefficient (Wildman–Crippen LogP) is 8.94. The monoisotopic (exact) mass is 678 g/mol. The van der Waals surface area contributed by atoms with Gasteiger partial charge in [-0.2, -0.15) is 36.0 Å². The normalized spacial score (nSPS) is 18.1. The molecule has 4 nitrogen and oxygen atoms in total. The summed E-state index contributed by atoms with van der Waals surface area (Å²) in [4.78, 5) is 0. The number of alkyl halides is 8. The molecule has 14 heteroatoms. The summed E-state index contributed by atoms with van der Waals surface area (Å²) in [6, 6.07) is 1.77. The van der Waals surface area contributed by atoms with Gasteiger partial charge in [0, 0.05) is 45.7 Å². The van der Waals surface area contributed by atoms with Crippen molar-refractivity contribution in [1.82, 2.24) is 5.32 Å². The Hall–Kier alpha value is -1.77. The SMILES string of the molecule is C=C(NC1=CC=C(C#N)C(C(F)(F)P)=CC1)[C@@](C)(O)CCCCCCCCCCCS(=O)CCC(C)(F)C(F)(F)C(F)(F)F. The van der Waals surface area contributed by atoms with Crippen LogP contribution in [0.2, 0.25) is 0 Å². The Kier molecular flexibility index (Phi) is 15.8. The molecule has 0 aromatic heterocycles. The second kappa shape index (κ2) is 17.2. The van der Waals surface area contributed by atoms with Gasteiger partial charge in [-0.15, -0.1) is 0 Å². The van der Waals surface area contributed by atoms with Crippen LogP contribution in [0.25, 0.3) is 0 Å². The summed E-state index contributed by atoms with van der Waals surface area (Å²) in [6.07, 6.45) is 4.94. The summed E-state index contributed by atoms with van der Waals surface area (Å²) in [5, 5.41) is 23.0. The van der Waals surface area contributed by atoms with E-state index in [9.17, 15) is 49.7 Å². The lowest BCUT2D eigenvalue weighted by molar-refractivity contribution is -0.324. The maximum absolute atomic E-state index is 14.0. The highest BCUT2D eigenvalue weighted by molar-refractivity contribution is 7.84. The minimum atomic E-state index is -6.01. The molecule has 1 aliphatic carbocycles. The topological polar surface area (TPSA) is 73.1 Å². The Balaban J connectivity index is 2.23. The minimum absolute atomic E-state index is 0.111. The highest BCUT2D eigenvalue weighted by atomic mass is 32.2. The fourth-order valence-electron chi connectivity index (χ4n) is 4.48. The highest BCUT2D eigenvalue weighted by Crippen LogP contribution is 2.47. The van der Waals surface area contributed by atoms with Crippen molar-refractivity contribution in [2.75, 3.05) is 11.5 Å². The largest absolute Gasteiger partial charge is 0.456 e. The van der Waals surface area contributed by atoms with Gasteiger partial charge in [-0.1, -0.05) is 73.3 Å². The molecule has 0 saturated carbocycles. The van der Waals surface area contributed by atoms with Crippen LogP contribution in [0.15, 0.2) is 47.3 Å². The number of unbranched alkanes of at least 4 members (excludes halogenated alkanes) is 8. The second-order valence-corrected chi connectivity index (χ2v) is 13.9. The molecule has 0 spiro atoms. The van der Waals surface area contributed by atoms with E-state index in [2.05, 4.69) is 11.9 Å². The number of nitrogens with zero attached hydrogens (tertiary/aromatic N) is 1. The third-order valence-electron chi connectivity index (χ3n) is 7.55. The number of aliphatic hydroxyl groups is 1. The molecule has 0 amide bonds. The number of nitrogens with one attached hydrogen (secondary N) is 1. The lowest BCUT2D eigenvalue weighted by Gasteiger charge is -2.31. The zero-order chi connectivity index (χ0) is 33.8. The van der Waals surface area contributed by atoms with E-state index in [0.29, 0.717) is 24.2 Å². The van der Waals surface area contributed by atoms with E-state index in [1.54, 1.807) is 13.0 Å². The van der Waals surface area contributed by atoms with Crippen LogP contribution in [0, 0.1) is 11.3 Å². The van der Waals surface area contributed by atoms with Crippen molar-refractivity contribution in [3.63, 3.8) is 0 Å². The van der Waals surface area contributed by atoms with Gasteiger partial charge in [-0.05, 0) is 45.3 Å². The summed E-state index contributed by atoms with van der Waals surface area (Å²) in [5.41, 5.74) is -7.99. The summed E-state index contributed by atoms with van der Waals surface area (Å²) in [7, 11) is -0.255. The van der Waals surface area contributed by atoms with Gasteiger partial charge in [-0.3, -0.25) is 4.21 Å². The first-order chi connectivity index (χ1) is 20.2. The quantitative estimate of drug-likeness (QED) is 0.0767. The standard InChI is InChI=1S/C30H43F8N2O2PS/c1-22(40-24-14-13-23(21-39)25(16-15-24)28(32,33)43)26(2,41)17-11-9-7-5-4-6-8-10-12-19-44(42)20-18-27(3,31)29(34,35)30(36,37)38/h13-14,16,40-41H,1,4-12,15,17-20,43H2,2-3H3/t26-,27?,44?/m0/s1. The third-order valence-corrected chi connectivity index (χ3v) is 9.27. The van der Waals surface area contributed by atoms with E-state index in [1.165, 1.54) is 27.5 Å². The van der Waals surface area contributed by atoms with Gasteiger partial charge in [0.25, 0.3) is 5.66 Å². The number of halogens is 8. The molecule has 0 heterocycles. The fourth-order valence-corrected chi connectivity index (χ4v) is 6.09. The molecule has 252 valence electrons. The molecule has 0 aromatic carbocycles. The van der Waals surface area contributed by atoms with Crippen LogP contribution in [-0.2, 0) is 10.8 Å². The Morgan fingerprint density at radius 1 is 0.932 bits per heavy atom. The van der Waals surface area contributed by atoms with Gasteiger partial charge >= 0.3 is 12.1 Å².